The first-order valence-corrected chi connectivity index (χ1v) is 10.4. The first kappa shape index (κ1) is 19.9. The first-order valence-electron chi connectivity index (χ1n) is 10.4. The number of piperidine rings is 1. The molecule has 0 spiro atoms. The summed E-state index contributed by atoms with van der Waals surface area (Å²) in [6.07, 6.45) is 4.37. The first-order chi connectivity index (χ1) is 15.6. The number of fused-ring (bicyclic) bond motifs is 1. The van der Waals surface area contributed by atoms with Crippen LogP contribution in [0.25, 0.3) is 11.0 Å². The number of hydrogen-bond donors (Lipinski definition) is 1. The highest BCUT2D eigenvalue weighted by Gasteiger charge is 2.28. The van der Waals surface area contributed by atoms with Gasteiger partial charge < -0.3 is 14.6 Å². The number of amides is 1. The van der Waals surface area contributed by atoms with Crippen molar-refractivity contribution in [3.63, 3.8) is 0 Å². The fourth-order valence-electron chi connectivity index (χ4n) is 3.85. The van der Waals surface area contributed by atoms with Gasteiger partial charge in [0.25, 0.3) is 0 Å². The molecule has 0 bridgehead atoms. The van der Waals surface area contributed by atoms with Gasteiger partial charge in [0, 0.05) is 43.9 Å². The number of ketones is 1. The van der Waals surface area contributed by atoms with Crippen LogP contribution in [0.15, 0.2) is 60.9 Å². The molecular formula is C24H21N5O3. The molecule has 1 N–H and O–H groups in total. The number of H-pyrrole nitrogens is 1. The standard InChI is InChI=1S/C24H21N5O3/c1-29-13-10-16(14-20(29)30)21-24(26-12-11-25-21)32-17-8-6-15(7-9-17)22(31)23-27-18-4-2-3-5-19(18)28-23/h2-9,11-12,16H,10,13-14H2,1H3,(H,27,28). The highest BCUT2D eigenvalue weighted by Crippen LogP contribution is 2.33. The molecule has 5 rings (SSSR count). The van der Waals surface area contributed by atoms with Gasteiger partial charge in [0.2, 0.25) is 17.6 Å². The van der Waals surface area contributed by atoms with Crippen molar-refractivity contribution >= 4 is 22.7 Å². The minimum atomic E-state index is -0.197. The predicted molar refractivity (Wildman–Crippen MR) is 118 cm³/mol. The monoisotopic (exact) mass is 427 g/mol. The maximum atomic E-state index is 12.8. The zero-order chi connectivity index (χ0) is 22.1. The van der Waals surface area contributed by atoms with Crippen LogP contribution in [0.3, 0.4) is 0 Å². The topological polar surface area (TPSA) is 101 Å². The van der Waals surface area contributed by atoms with Crippen molar-refractivity contribution in [1.82, 2.24) is 24.8 Å². The van der Waals surface area contributed by atoms with E-state index in [1.54, 1.807) is 48.6 Å². The molecule has 0 aliphatic carbocycles. The van der Waals surface area contributed by atoms with E-state index < -0.39 is 0 Å². The summed E-state index contributed by atoms with van der Waals surface area (Å²) in [5.74, 6) is 1.07. The van der Waals surface area contributed by atoms with Crippen molar-refractivity contribution < 1.29 is 14.3 Å². The van der Waals surface area contributed by atoms with E-state index >= 15 is 0 Å². The van der Waals surface area contributed by atoms with Crippen LogP contribution < -0.4 is 4.74 Å². The van der Waals surface area contributed by atoms with Gasteiger partial charge in [-0.15, -0.1) is 0 Å². The average molecular weight is 427 g/mol. The molecular weight excluding hydrogens is 406 g/mol. The Bertz CT molecular complexity index is 1270. The minimum absolute atomic E-state index is 0.0312. The number of nitrogens with zero attached hydrogens (tertiary/aromatic N) is 4. The molecule has 8 nitrogen and oxygen atoms in total. The summed E-state index contributed by atoms with van der Waals surface area (Å²) in [5, 5.41) is 0. The van der Waals surface area contributed by atoms with Crippen LogP contribution in [0, 0.1) is 0 Å². The van der Waals surface area contributed by atoms with Crippen molar-refractivity contribution in [2.45, 2.75) is 18.8 Å². The minimum Gasteiger partial charge on any atom is -0.437 e. The number of imidazole rings is 1. The predicted octanol–water partition coefficient (Wildman–Crippen LogP) is 3.71. The van der Waals surface area contributed by atoms with E-state index in [0.717, 1.165) is 17.5 Å². The summed E-state index contributed by atoms with van der Waals surface area (Å²) in [7, 11) is 1.81. The maximum absolute atomic E-state index is 12.8. The van der Waals surface area contributed by atoms with Crippen molar-refractivity contribution in [1.29, 1.82) is 0 Å². The molecule has 1 unspecified atom stereocenters. The Balaban J connectivity index is 1.34. The number of aromatic amines is 1. The second kappa shape index (κ2) is 8.22. The Morgan fingerprint density at radius 3 is 2.66 bits per heavy atom. The van der Waals surface area contributed by atoms with Gasteiger partial charge in [0.1, 0.15) is 11.4 Å². The van der Waals surface area contributed by atoms with Crippen LogP contribution in [0.2, 0.25) is 0 Å². The zero-order valence-corrected chi connectivity index (χ0v) is 17.5. The van der Waals surface area contributed by atoms with E-state index in [4.69, 9.17) is 4.74 Å². The van der Waals surface area contributed by atoms with Crippen molar-refractivity contribution in [3.8, 4) is 11.6 Å². The normalized spacial score (nSPS) is 16.3. The number of carbonyl (C=O) groups excluding carboxylic acids is 2. The van der Waals surface area contributed by atoms with Gasteiger partial charge in [0.05, 0.1) is 11.0 Å². The summed E-state index contributed by atoms with van der Waals surface area (Å²) in [6, 6.07) is 14.3. The van der Waals surface area contributed by atoms with Crippen molar-refractivity contribution in [2.75, 3.05) is 13.6 Å². The van der Waals surface area contributed by atoms with E-state index in [0.29, 0.717) is 41.7 Å². The highest BCUT2D eigenvalue weighted by molar-refractivity contribution is 6.08. The van der Waals surface area contributed by atoms with Crippen LogP contribution in [0.1, 0.15) is 40.6 Å². The number of carbonyl (C=O) groups is 2. The van der Waals surface area contributed by atoms with Gasteiger partial charge in [-0.3, -0.25) is 14.6 Å². The van der Waals surface area contributed by atoms with E-state index in [9.17, 15) is 9.59 Å². The Labute approximate surface area is 184 Å². The Morgan fingerprint density at radius 2 is 1.88 bits per heavy atom. The van der Waals surface area contributed by atoms with Gasteiger partial charge in [-0.25, -0.2) is 9.97 Å². The third-order valence-corrected chi connectivity index (χ3v) is 5.67. The van der Waals surface area contributed by atoms with Crippen LogP contribution in [0.4, 0.5) is 0 Å². The number of benzene rings is 2. The molecule has 3 heterocycles. The van der Waals surface area contributed by atoms with Gasteiger partial charge in [-0.2, -0.15) is 0 Å². The van der Waals surface area contributed by atoms with E-state index in [2.05, 4.69) is 19.9 Å². The summed E-state index contributed by atoms with van der Waals surface area (Å²) >= 11 is 0. The summed E-state index contributed by atoms with van der Waals surface area (Å²) in [4.78, 5) is 42.9. The fraction of sp³-hybridized carbons (Fsp3) is 0.208. The van der Waals surface area contributed by atoms with Crippen LogP contribution in [-0.2, 0) is 4.79 Å². The van der Waals surface area contributed by atoms with Gasteiger partial charge in [0.15, 0.2) is 5.82 Å². The molecule has 0 saturated carbocycles. The van der Waals surface area contributed by atoms with Gasteiger partial charge in [-0.1, -0.05) is 12.1 Å². The molecule has 32 heavy (non-hydrogen) atoms. The maximum Gasteiger partial charge on any atom is 0.241 e. The lowest BCUT2D eigenvalue weighted by atomic mass is 9.93. The molecule has 8 heteroatoms. The van der Waals surface area contributed by atoms with Crippen molar-refractivity contribution in [2.24, 2.45) is 0 Å². The van der Waals surface area contributed by atoms with Gasteiger partial charge >= 0.3 is 0 Å². The average Bonchev–Trinajstić information content (AvgIpc) is 3.26. The van der Waals surface area contributed by atoms with Crippen LogP contribution in [-0.4, -0.2) is 50.1 Å². The smallest absolute Gasteiger partial charge is 0.241 e. The molecule has 1 saturated heterocycles. The van der Waals surface area contributed by atoms with Crippen LogP contribution >= 0.6 is 0 Å². The van der Waals surface area contributed by atoms with Crippen molar-refractivity contribution in [3.05, 3.63) is 78.0 Å². The Morgan fingerprint density at radius 1 is 1.09 bits per heavy atom. The van der Waals surface area contributed by atoms with E-state index in [-0.39, 0.29) is 17.6 Å². The SMILES string of the molecule is CN1CCC(c2nccnc2Oc2ccc(C(=O)c3nc4ccccc4[nH]3)cc2)CC1=O. The molecule has 1 amide bonds. The lowest BCUT2D eigenvalue weighted by molar-refractivity contribution is -0.132. The summed E-state index contributed by atoms with van der Waals surface area (Å²) in [5.41, 5.74) is 2.74. The van der Waals surface area contributed by atoms with Gasteiger partial charge in [-0.05, 0) is 42.8 Å². The lowest BCUT2D eigenvalue weighted by Crippen LogP contribution is -2.35. The number of para-hydroxylation sites is 2. The molecule has 1 aliphatic rings. The molecule has 1 aliphatic heterocycles. The number of hydrogen-bond acceptors (Lipinski definition) is 6. The number of likely N-dealkylation sites (tertiary alicyclic amines) is 1. The Hall–Kier alpha value is -4.07. The number of nitrogens with one attached hydrogen (secondary N) is 1. The number of rotatable bonds is 5. The molecule has 0 radical (unpaired) electrons. The largest absolute Gasteiger partial charge is 0.437 e. The second-order valence-corrected chi connectivity index (χ2v) is 7.81. The fourth-order valence-corrected chi connectivity index (χ4v) is 3.85. The van der Waals surface area contributed by atoms with E-state index in [1.807, 2.05) is 24.3 Å². The zero-order valence-electron chi connectivity index (χ0n) is 17.5. The molecule has 4 aromatic rings. The molecule has 2 aromatic carbocycles. The second-order valence-electron chi connectivity index (χ2n) is 7.81. The molecule has 1 fully saturated rings. The van der Waals surface area contributed by atoms with Crippen LogP contribution in [0.5, 0.6) is 11.6 Å². The highest BCUT2D eigenvalue weighted by atomic mass is 16.5. The summed E-state index contributed by atoms with van der Waals surface area (Å²) < 4.78 is 5.98. The molecule has 2 aromatic heterocycles. The number of ether oxygens (including phenoxy) is 1. The molecule has 160 valence electrons. The van der Waals surface area contributed by atoms with E-state index in [1.165, 1.54) is 0 Å². The Kier molecular flexibility index (Phi) is 5.10. The third kappa shape index (κ3) is 3.82. The lowest BCUT2D eigenvalue weighted by Gasteiger charge is -2.28. The summed E-state index contributed by atoms with van der Waals surface area (Å²) in [6.45, 7) is 0.679. The third-order valence-electron chi connectivity index (χ3n) is 5.67. The number of aromatic nitrogens is 4. The molecule has 1 atom stereocenters. The quantitative estimate of drug-likeness (QED) is 0.487.